The van der Waals surface area contributed by atoms with Gasteiger partial charge in [-0.25, -0.2) is 8.42 Å². The van der Waals surface area contributed by atoms with Crippen molar-refractivity contribution >= 4 is 9.84 Å². The van der Waals surface area contributed by atoms with Crippen LogP contribution >= 0.6 is 0 Å². The fraction of sp³-hybridized carbons (Fsp3) is 1.00. The predicted octanol–water partition coefficient (Wildman–Crippen LogP) is 1.61. The fourth-order valence-corrected chi connectivity index (χ4v) is 3.58. The molecule has 0 aromatic carbocycles. The van der Waals surface area contributed by atoms with Crippen LogP contribution in [0.2, 0.25) is 0 Å². The van der Waals surface area contributed by atoms with Gasteiger partial charge in [0.1, 0.15) is 0 Å². The third-order valence-electron chi connectivity index (χ3n) is 2.13. The van der Waals surface area contributed by atoms with Gasteiger partial charge < -0.3 is 0 Å². The van der Waals surface area contributed by atoms with Crippen molar-refractivity contribution in [2.75, 3.05) is 5.75 Å². The molecule has 1 rings (SSSR count). The van der Waals surface area contributed by atoms with Crippen LogP contribution in [-0.2, 0) is 9.84 Å². The second kappa shape index (κ2) is 3.13. The fourth-order valence-electron chi connectivity index (χ4n) is 1.33. The van der Waals surface area contributed by atoms with E-state index in [1.807, 2.05) is 13.8 Å². The Morgan fingerprint density at radius 2 is 1.91 bits per heavy atom. The van der Waals surface area contributed by atoms with Crippen LogP contribution in [0.25, 0.3) is 0 Å². The minimum atomic E-state index is -2.72. The van der Waals surface area contributed by atoms with E-state index in [2.05, 4.69) is 0 Å². The van der Waals surface area contributed by atoms with Crippen molar-refractivity contribution in [1.29, 1.82) is 0 Å². The molecule has 0 amide bonds. The number of rotatable bonds is 3. The maximum Gasteiger partial charge on any atom is 0.153 e. The van der Waals surface area contributed by atoms with Crippen LogP contribution in [0, 0.1) is 5.92 Å². The van der Waals surface area contributed by atoms with Gasteiger partial charge in [0.25, 0.3) is 0 Å². The first-order valence-corrected chi connectivity index (χ1v) is 5.95. The van der Waals surface area contributed by atoms with Crippen molar-refractivity contribution in [2.45, 2.75) is 38.4 Å². The Kier molecular flexibility index (Phi) is 2.58. The molecule has 0 saturated heterocycles. The van der Waals surface area contributed by atoms with Crippen LogP contribution in [0.5, 0.6) is 0 Å². The quantitative estimate of drug-likeness (QED) is 0.654. The Bertz CT molecular complexity index is 212. The Hall–Kier alpha value is -0.0500. The molecule has 2 nitrogen and oxygen atoms in total. The van der Waals surface area contributed by atoms with Crippen molar-refractivity contribution in [3.8, 4) is 0 Å². The molecule has 0 aromatic heterocycles. The van der Waals surface area contributed by atoms with Crippen molar-refractivity contribution in [3.63, 3.8) is 0 Å². The van der Waals surface area contributed by atoms with Gasteiger partial charge in [-0.3, -0.25) is 0 Å². The monoisotopic (exact) mass is 176 g/mol. The lowest BCUT2D eigenvalue weighted by atomic mass is 10.00. The molecule has 0 N–H and O–H groups in total. The minimum Gasteiger partial charge on any atom is -0.229 e. The van der Waals surface area contributed by atoms with E-state index in [0.29, 0.717) is 5.75 Å². The summed E-state index contributed by atoms with van der Waals surface area (Å²) in [5.74, 6) is 0.651. The molecule has 0 aromatic rings. The van der Waals surface area contributed by atoms with Gasteiger partial charge in [0.2, 0.25) is 0 Å². The zero-order chi connectivity index (χ0) is 8.48. The van der Waals surface area contributed by atoms with Crippen LogP contribution in [0.15, 0.2) is 0 Å². The highest BCUT2D eigenvalue weighted by Gasteiger charge is 2.31. The van der Waals surface area contributed by atoms with E-state index >= 15 is 0 Å². The molecule has 0 unspecified atom stereocenters. The summed E-state index contributed by atoms with van der Waals surface area (Å²) in [5.41, 5.74) is 0. The van der Waals surface area contributed by atoms with E-state index in [9.17, 15) is 8.42 Å². The Morgan fingerprint density at radius 1 is 1.36 bits per heavy atom. The molecule has 0 bridgehead atoms. The normalized spacial score (nSPS) is 20.3. The first-order chi connectivity index (χ1) is 5.02. The van der Waals surface area contributed by atoms with Crippen molar-refractivity contribution in [2.24, 2.45) is 5.92 Å². The molecule has 66 valence electrons. The van der Waals surface area contributed by atoms with Gasteiger partial charge in [-0.1, -0.05) is 20.3 Å². The van der Waals surface area contributed by atoms with Crippen LogP contribution in [0.1, 0.15) is 33.1 Å². The average molecular weight is 176 g/mol. The van der Waals surface area contributed by atoms with Crippen molar-refractivity contribution in [3.05, 3.63) is 0 Å². The molecule has 0 aliphatic heterocycles. The van der Waals surface area contributed by atoms with Gasteiger partial charge in [-0.2, -0.15) is 0 Å². The maximum atomic E-state index is 11.4. The molecule has 11 heavy (non-hydrogen) atoms. The highest BCUT2D eigenvalue weighted by Crippen LogP contribution is 2.27. The van der Waals surface area contributed by atoms with E-state index < -0.39 is 9.84 Å². The topological polar surface area (TPSA) is 34.1 Å². The van der Waals surface area contributed by atoms with Gasteiger partial charge >= 0.3 is 0 Å². The lowest BCUT2D eigenvalue weighted by molar-refractivity contribution is 0.472. The van der Waals surface area contributed by atoms with E-state index in [1.54, 1.807) is 0 Å². The summed E-state index contributed by atoms with van der Waals surface area (Å²) < 4.78 is 22.8. The second-order valence-electron chi connectivity index (χ2n) is 3.78. The number of hydrogen-bond donors (Lipinski definition) is 0. The molecule has 1 aliphatic carbocycles. The van der Waals surface area contributed by atoms with Gasteiger partial charge in [0, 0.05) is 0 Å². The molecular formula is C8H16O2S. The molecule has 0 atom stereocenters. The van der Waals surface area contributed by atoms with Gasteiger partial charge in [0.15, 0.2) is 9.84 Å². The lowest BCUT2D eigenvalue weighted by Gasteiger charge is -2.25. The summed E-state index contributed by atoms with van der Waals surface area (Å²) in [7, 11) is -2.72. The van der Waals surface area contributed by atoms with Crippen molar-refractivity contribution in [1.82, 2.24) is 0 Å². The van der Waals surface area contributed by atoms with E-state index in [4.69, 9.17) is 0 Å². The largest absolute Gasteiger partial charge is 0.229 e. The van der Waals surface area contributed by atoms with E-state index in [-0.39, 0.29) is 11.2 Å². The maximum absolute atomic E-state index is 11.4. The summed E-state index contributed by atoms with van der Waals surface area (Å²) in [6, 6.07) is 0. The van der Waals surface area contributed by atoms with E-state index in [1.165, 1.54) is 0 Å². The second-order valence-corrected chi connectivity index (χ2v) is 6.10. The highest BCUT2D eigenvalue weighted by molar-refractivity contribution is 7.92. The first-order valence-electron chi connectivity index (χ1n) is 4.24. The summed E-state index contributed by atoms with van der Waals surface area (Å²) in [6.07, 6.45) is 2.89. The van der Waals surface area contributed by atoms with Gasteiger partial charge in [0.05, 0.1) is 11.0 Å². The Labute approximate surface area is 68.9 Å². The molecule has 0 heterocycles. The lowest BCUT2D eigenvalue weighted by Crippen LogP contribution is -2.31. The third kappa shape index (κ3) is 2.19. The summed E-state index contributed by atoms with van der Waals surface area (Å²) in [5, 5.41) is 0.00454. The summed E-state index contributed by atoms with van der Waals surface area (Å²) in [4.78, 5) is 0. The number of hydrogen-bond acceptors (Lipinski definition) is 2. The molecule has 1 fully saturated rings. The third-order valence-corrected chi connectivity index (χ3v) is 4.74. The van der Waals surface area contributed by atoms with Crippen LogP contribution in [0.3, 0.4) is 0 Å². The standard InChI is InChI=1S/C8H16O2S/c1-7(2)6-11(9,10)8-4-3-5-8/h7-8H,3-6H2,1-2H3. The Balaban J connectivity index is 2.52. The highest BCUT2D eigenvalue weighted by atomic mass is 32.2. The number of sulfone groups is 1. The molecule has 1 aliphatic rings. The Morgan fingerprint density at radius 3 is 2.18 bits per heavy atom. The van der Waals surface area contributed by atoms with Crippen LogP contribution in [0.4, 0.5) is 0 Å². The molecule has 1 saturated carbocycles. The summed E-state index contributed by atoms with van der Waals surface area (Å²) >= 11 is 0. The van der Waals surface area contributed by atoms with Crippen LogP contribution < -0.4 is 0 Å². The van der Waals surface area contributed by atoms with E-state index in [0.717, 1.165) is 19.3 Å². The smallest absolute Gasteiger partial charge is 0.153 e. The van der Waals surface area contributed by atoms with Crippen molar-refractivity contribution < 1.29 is 8.42 Å². The zero-order valence-electron chi connectivity index (χ0n) is 7.21. The molecular weight excluding hydrogens is 160 g/mol. The zero-order valence-corrected chi connectivity index (χ0v) is 8.02. The first kappa shape index (κ1) is 9.04. The SMILES string of the molecule is CC(C)CS(=O)(=O)C1CCC1. The van der Waals surface area contributed by atoms with Gasteiger partial charge in [-0.15, -0.1) is 0 Å². The predicted molar refractivity (Wildman–Crippen MR) is 46.3 cm³/mol. The molecule has 0 radical (unpaired) electrons. The van der Waals surface area contributed by atoms with Gasteiger partial charge in [-0.05, 0) is 18.8 Å². The van der Waals surface area contributed by atoms with Crippen LogP contribution in [-0.4, -0.2) is 19.4 Å². The average Bonchev–Trinajstić information content (AvgIpc) is 1.50. The molecule has 3 heteroatoms. The summed E-state index contributed by atoms with van der Waals surface area (Å²) in [6.45, 7) is 3.91. The minimum absolute atomic E-state index is 0.00454. The molecule has 0 spiro atoms.